The van der Waals surface area contributed by atoms with Crippen LogP contribution in [0.2, 0.25) is 0 Å². The number of aliphatic hydroxyl groups excluding tert-OH is 1. The molecule has 2 amide bonds. The summed E-state index contributed by atoms with van der Waals surface area (Å²) >= 11 is 0. The average molecular weight is 434 g/mol. The molecule has 1 aromatic heterocycles. The van der Waals surface area contributed by atoms with Gasteiger partial charge in [0, 0.05) is 44.2 Å². The third-order valence-electron chi connectivity index (χ3n) is 6.52. The topological polar surface area (TPSA) is 98.9 Å². The van der Waals surface area contributed by atoms with Crippen molar-refractivity contribution in [2.24, 2.45) is 7.05 Å². The van der Waals surface area contributed by atoms with Crippen molar-refractivity contribution >= 4 is 22.7 Å². The van der Waals surface area contributed by atoms with E-state index in [1.807, 2.05) is 49.5 Å². The first kappa shape index (κ1) is 20.7. The number of benzene rings is 2. The van der Waals surface area contributed by atoms with Gasteiger partial charge in [0.15, 0.2) is 0 Å². The standard InChI is InChI=1S/C24H26N4O4/c1-26-21-14-18(6-7-19(21)20(15-29)25-26)16-2-4-17(5-3-16)22(30)27-10-12-28(13-11-27)23(31)24(32)8-9-24/h2-7,14,29,32H,8-13,15H2,1H3. The lowest BCUT2D eigenvalue weighted by atomic mass is 10.0. The molecule has 8 heteroatoms. The Hall–Kier alpha value is -3.23. The molecule has 2 aromatic carbocycles. The first-order valence-corrected chi connectivity index (χ1v) is 10.9. The molecular weight excluding hydrogens is 408 g/mol. The molecule has 0 bridgehead atoms. The van der Waals surface area contributed by atoms with Crippen molar-refractivity contribution in [3.05, 3.63) is 53.7 Å². The minimum Gasteiger partial charge on any atom is -0.390 e. The lowest BCUT2D eigenvalue weighted by Gasteiger charge is -2.35. The molecule has 0 radical (unpaired) electrons. The Morgan fingerprint density at radius 1 is 0.969 bits per heavy atom. The van der Waals surface area contributed by atoms with Crippen molar-refractivity contribution in [1.29, 1.82) is 0 Å². The molecule has 5 rings (SSSR count). The van der Waals surface area contributed by atoms with E-state index in [4.69, 9.17) is 0 Å². The monoisotopic (exact) mass is 434 g/mol. The molecule has 0 spiro atoms. The highest BCUT2D eigenvalue weighted by atomic mass is 16.3. The lowest BCUT2D eigenvalue weighted by Crippen LogP contribution is -2.53. The highest BCUT2D eigenvalue weighted by molar-refractivity contribution is 5.95. The Labute approximate surface area is 185 Å². The molecule has 2 N–H and O–H groups in total. The SMILES string of the molecule is Cn1nc(CO)c2ccc(-c3ccc(C(=O)N4CCN(C(=O)C5(O)CC5)CC4)cc3)cc21. The Morgan fingerprint density at radius 2 is 1.59 bits per heavy atom. The zero-order chi connectivity index (χ0) is 22.5. The predicted octanol–water partition coefficient (Wildman–Crippen LogP) is 1.54. The molecule has 32 heavy (non-hydrogen) atoms. The number of piperazine rings is 1. The van der Waals surface area contributed by atoms with Crippen LogP contribution in [0.15, 0.2) is 42.5 Å². The molecule has 1 aliphatic heterocycles. The van der Waals surface area contributed by atoms with Crippen LogP contribution in [-0.2, 0) is 18.4 Å². The molecule has 1 saturated carbocycles. The maximum absolute atomic E-state index is 12.9. The van der Waals surface area contributed by atoms with E-state index in [1.54, 1.807) is 14.5 Å². The highest BCUT2D eigenvalue weighted by Crippen LogP contribution is 2.37. The van der Waals surface area contributed by atoms with Gasteiger partial charge in [-0.25, -0.2) is 0 Å². The number of fused-ring (bicyclic) bond motifs is 1. The van der Waals surface area contributed by atoms with Gasteiger partial charge in [-0.1, -0.05) is 24.3 Å². The third-order valence-corrected chi connectivity index (χ3v) is 6.52. The van der Waals surface area contributed by atoms with Gasteiger partial charge in [-0.2, -0.15) is 5.10 Å². The first-order valence-electron chi connectivity index (χ1n) is 10.9. The number of aromatic nitrogens is 2. The lowest BCUT2D eigenvalue weighted by molar-refractivity contribution is -0.143. The van der Waals surface area contributed by atoms with Crippen molar-refractivity contribution in [2.45, 2.75) is 25.0 Å². The summed E-state index contributed by atoms with van der Waals surface area (Å²) in [6.45, 7) is 1.73. The molecule has 0 unspecified atom stereocenters. The van der Waals surface area contributed by atoms with E-state index in [0.717, 1.165) is 22.0 Å². The largest absolute Gasteiger partial charge is 0.390 e. The number of rotatable bonds is 4. The maximum atomic E-state index is 12.9. The maximum Gasteiger partial charge on any atom is 0.254 e. The number of hydrogen-bond donors (Lipinski definition) is 2. The Kier molecular flexibility index (Phi) is 4.98. The second kappa shape index (κ2) is 7.72. The summed E-state index contributed by atoms with van der Waals surface area (Å²) in [7, 11) is 1.85. The second-order valence-electron chi connectivity index (χ2n) is 8.65. The molecule has 166 valence electrons. The summed E-state index contributed by atoms with van der Waals surface area (Å²) in [6, 6.07) is 13.5. The Balaban J connectivity index is 1.28. The zero-order valence-corrected chi connectivity index (χ0v) is 18.0. The van der Waals surface area contributed by atoms with Crippen molar-refractivity contribution in [3.63, 3.8) is 0 Å². The van der Waals surface area contributed by atoms with E-state index in [-0.39, 0.29) is 18.4 Å². The number of hydrogen-bond acceptors (Lipinski definition) is 5. The second-order valence-corrected chi connectivity index (χ2v) is 8.65. The van der Waals surface area contributed by atoms with Crippen LogP contribution >= 0.6 is 0 Å². The molecule has 1 aliphatic carbocycles. The van der Waals surface area contributed by atoms with Crippen LogP contribution in [0.25, 0.3) is 22.0 Å². The van der Waals surface area contributed by atoms with Crippen LogP contribution < -0.4 is 0 Å². The third kappa shape index (κ3) is 3.55. The van der Waals surface area contributed by atoms with Crippen molar-refractivity contribution in [1.82, 2.24) is 19.6 Å². The summed E-state index contributed by atoms with van der Waals surface area (Å²) in [5.41, 5.74) is 3.05. The van der Waals surface area contributed by atoms with Gasteiger partial charge < -0.3 is 20.0 Å². The first-order chi connectivity index (χ1) is 15.4. The minimum atomic E-state index is -1.15. The molecule has 2 fully saturated rings. The van der Waals surface area contributed by atoms with Crippen LogP contribution in [0.3, 0.4) is 0 Å². The van der Waals surface area contributed by atoms with Crippen molar-refractivity contribution < 1.29 is 19.8 Å². The number of aryl methyl sites for hydroxylation is 1. The van der Waals surface area contributed by atoms with E-state index in [0.29, 0.717) is 50.3 Å². The summed E-state index contributed by atoms with van der Waals surface area (Å²) in [5.74, 6) is -0.256. The van der Waals surface area contributed by atoms with Gasteiger partial charge in [0.2, 0.25) is 0 Å². The summed E-state index contributed by atoms with van der Waals surface area (Å²) < 4.78 is 1.76. The van der Waals surface area contributed by atoms with E-state index in [1.165, 1.54) is 0 Å². The molecule has 2 aliphatic rings. The molecule has 8 nitrogen and oxygen atoms in total. The Bertz CT molecular complexity index is 1190. The van der Waals surface area contributed by atoms with Crippen LogP contribution in [0, 0.1) is 0 Å². The average Bonchev–Trinajstić information content (AvgIpc) is 3.51. The van der Waals surface area contributed by atoms with Gasteiger partial charge >= 0.3 is 0 Å². The predicted molar refractivity (Wildman–Crippen MR) is 119 cm³/mol. The van der Waals surface area contributed by atoms with Gasteiger partial charge in [0.25, 0.3) is 11.8 Å². The Morgan fingerprint density at radius 3 is 2.22 bits per heavy atom. The van der Waals surface area contributed by atoms with Gasteiger partial charge in [-0.3, -0.25) is 14.3 Å². The van der Waals surface area contributed by atoms with Crippen LogP contribution in [0.5, 0.6) is 0 Å². The fourth-order valence-electron chi connectivity index (χ4n) is 4.36. The van der Waals surface area contributed by atoms with Crippen LogP contribution in [-0.4, -0.2) is 73.4 Å². The molecule has 1 saturated heterocycles. The van der Waals surface area contributed by atoms with Crippen LogP contribution in [0.1, 0.15) is 28.9 Å². The van der Waals surface area contributed by atoms with E-state index >= 15 is 0 Å². The number of carbonyl (C=O) groups excluding carboxylic acids is 2. The molecule has 2 heterocycles. The highest BCUT2D eigenvalue weighted by Gasteiger charge is 2.50. The quantitative estimate of drug-likeness (QED) is 0.649. The normalized spacial score (nSPS) is 17.6. The molecule has 3 aromatic rings. The summed E-state index contributed by atoms with van der Waals surface area (Å²) in [4.78, 5) is 28.6. The smallest absolute Gasteiger partial charge is 0.254 e. The number of nitrogens with zero attached hydrogens (tertiary/aromatic N) is 4. The van der Waals surface area contributed by atoms with Crippen molar-refractivity contribution in [2.75, 3.05) is 26.2 Å². The van der Waals surface area contributed by atoms with E-state index in [9.17, 15) is 19.8 Å². The fourth-order valence-corrected chi connectivity index (χ4v) is 4.36. The van der Waals surface area contributed by atoms with Gasteiger partial charge in [-0.05, 0) is 42.2 Å². The summed E-state index contributed by atoms with van der Waals surface area (Å²) in [5, 5.41) is 24.8. The van der Waals surface area contributed by atoms with Crippen molar-refractivity contribution in [3.8, 4) is 11.1 Å². The number of aliphatic hydroxyl groups is 2. The number of carbonyl (C=O) groups is 2. The fraction of sp³-hybridized carbons (Fsp3) is 0.375. The van der Waals surface area contributed by atoms with Crippen LogP contribution in [0.4, 0.5) is 0 Å². The summed E-state index contributed by atoms with van der Waals surface area (Å²) in [6.07, 6.45) is 1.07. The molecular formula is C24H26N4O4. The van der Waals surface area contributed by atoms with Gasteiger partial charge in [0.1, 0.15) is 5.60 Å². The van der Waals surface area contributed by atoms with Gasteiger partial charge in [0.05, 0.1) is 17.8 Å². The van der Waals surface area contributed by atoms with E-state index in [2.05, 4.69) is 5.10 Å². The van der Waals surface area contributed by atoms with E-state index < -0.39 is 5.60 Å². The zero-order valence-electron chi connectivity index (χ0n) is 18.0. The number of amides is 2. The van der Waals surface area contributed by atoms with Gasteiger partial charge in [-0.15, -0.1) is 0 Å². The molecule has 0 atom stereocenters. The minimum absolute atomic E-state index is 0.0524.